The van der Waals surface area contributed by atoms with Crippen molar-refractivity contribution in [3.05, 3.63) is 49.6 Å². The summed E-state index contributed by atoms with van der Waals surface area (Å²) in [5.74, 6) is -2.14. The number of carbonyl (C=O) groups is 3. The zero-order valence-corrected chi connectivity index (χ0v) is 25.3. The fourth-order valence-corrected chi connectivity index (χ4v) is 10.1. The number of alkyl halides is 1. The Morgan fingerprint density at radius 1 is 1.24 bits per heavy atom. The van der Waals surface area contributed by atoms with Crippen LogP contribution in [0.15, 0.2) is 49.6 Å². The first kappa shape index (κ1) is 29.8. The number of unbranched alkanes of at least 4 members (excludes halogenated alkanes) is 2. The van der Waals surface area contributed by atoms with Gasteiger partial charge in [0, 0.05) is 29.8 Å². The van der Waals surface area contributed by atoms with Crippen LogP contribution in [-0.4, -0.2) is 94.9 Å². The van der Waals surface area contributed by atoms with Gasteiger partial charge < -0.3 is 19.6 Å². The number of aliphatic hydroxyl groups is 1. The summed E-state index contributed by atoms with van der Waals surface area (Å²) in [5, 5.41) is 17.9. The van der Waals surface area contributed by atoms with Gasteiger partial charge in [0.05, 0.1) is 28.7 Å². The Kier molecular flexibility index (Phi) is 9.20. The lowest BCUT2D eigenvalue weighted by atomic mass is 9.71. The Balaban J connectivity index is 1.45. The van der Waals surface area contributed by atoms with E-state index in [1.165, 1.54) is 0 Å². The quantitative estimate of drug-likeness (QED) is 0.144. The van der Waals surface area contributed by atoms with Gasteiger partial charge in [-0.05, 0) is 44.2 Å². The SMILES string of the molecule is C=CCCCCOC(=O)[C@H]1[C@@H]2SC3(CC2Br)C(C(=O)N(CC=C)Cn2nnc4ccccc42)N(CCCO)C(=O)[C@H]13. The van der Waals surface area contributed by atoms with Crippen molar-refractivity contribution < 1.29 is 24.2 Å². The van der Waals surface area contributed by atoms with Crippen LogP contribution in [0.2, 0.25) is 0 Å². The molecule has 2 bridgehead atoms. The summed E-state index contributed by atoms with van der Waals surface area (Å²) in [6, 6.07) is 6.72. The first-order chi connectivity index (χ1) is 19.9. The van der Waals surface area contributed by atoms with Crippen LogP contribution in [0, 0.1) is 11.8 Å². The number of benzene rings is 1. The van der Waals surface area contributed by atoms with Gasteiger partial charge in [0.15, 0.2) is 0 Å². The molecule has 2 aromatic rings. The fraction of sp³-hybridized carbons (Fsp3) is 0.552. The number of para-hydroxylation sites is 1. The van der Waals surface area contributed by atoms with Crippen molar-refractivity contribution in [2.45, 2.75) is 59.6 Å². The Bertz CT molecular complexity index is 1320. The van der Waals surface area contributed by atoms with E-state index >= 15 is 0 Å². The molecule has 0 saturated carbocycles. The van der Waals surface area contributed by atoms with Crippen molar-refractivity contribution >= 4 is 56.5 Å². The molecule has 1 N–H and O–H groups in total. The molecule has 5 rings (SSSR count). The van der Waals surface area contributed by atoms with E-state index in [0.717, 1.165) is 30.3 Å². The lowest BCUT2D eigenvalue weighted by Crippen LogP contribution is -2.55. The van der Waals surface area contributed by atoms with Crippen molar-refractivity contribution in [3.8, 4) is 0 Å². The molecule has 6 atom stereocenters. The first-order valence-corrected chi connectivity index (χ1v) is 15.9. The van der Waals surface area contributed by atoms with Gasteiger partial charge in [-0.25, -0.2) is 4.68 Å². The summed E-state index contributed by atoms with van der Waals surface area (Å²) < 4.78 is 6.56. The lowest BCUT2D eigenvalue weighted by molar-refractivity contribution is -0.154. The van der Waals surface area contributed by atoms with Crippen LogP contribution in [-0.2, 0) is 25.8 Å². The lowest BCUT2D eigenvalue weighted by Gasteiger charge is -2.37. The van der Waals surface area contributed by atoms with Crippen molar-refractivity contribution in [2.24, 2.45) is 11.8 Å². The summed E-state index contributed by atoms with van der Waals surface area (Å²) in [4.78, 5) is 45.2. The topological polar surface area (TPSA) is 118 Å². The number of hydrogen-bond acceptors (Lipinski definition) is 8. The van der Waals surface area contributed by atoms with Gasteiger partial charge in [-0.1, -0.05) is 45.4 Å². The standard InChI is InChI=1S/C29H36BrN5O5S/c1-3-5-6-9-16-40-28(39)22-23-26(37)34(14-10-15-36)25(29(23)17-19(30)24(22)41-29)27(38)33(13-4-2)18-35-21-12-8-7-11-20(21)31-32-35/h3-4,7-8,11-12,19,22-25,36H,1-2,5-6,9-10,13-18H2/t19?,22-,23+,24-,25?,29?/m1/s1. The number of rotatable bonds is 14. The number of carbonyl (C=O) groups excluding carboxylic acids is 3. The molecule has 10 nitrogen and oxygen atoms in total. The molecule has 1 aromatic carbocycles. The van der Waals surface area contributed by atoms with Gasteiger partial charge in [-0.3, -0.25) is 14.4 Å². The van der Waals surface area contributed by atoms with Crippen molar-refractivity contribution in [3.63, 3.8) is 0 Å². The van der Waals surface area contributed by atoms with Crippen LogP contribution in [0.3, 0.4) is 0 Å². The Hall–Kier alpha value is -2.70. The predicted octanol–water partition coefficient (Wildman–Crippen LogP) is 3.15. The number of aliphatic hydroxyl groups excluding tert-OH is 1. The highest BCUT2D eigenvalue weighted by Gasteiger charge is 2.76. The van der Waals surface area contributed by atoms with E-state index in [2.05, 4.69) is 39.4 Å². The number of likely N-dealkylation sites (tertiary alicyclic amines) is 1. The number of thioether (sulfide) groups is 1. The minimum atomic E-state index is -0.804. The molecule has 3 aliphatic heterocycles. The number of amides is 2. The van der Waals surface area contributed by atoms with Crippen LogP contribution in [0.25, 0.3) is 11.0 Å². The minimum Gasteiger partial charge on any atom is -0.465 e. The predicted molar refractivity (Wildman–Crippen MR) is 160 cm³/mol. The molecule has 3 unspecified atom stereocenters. The molecule has 3 fully saturated rings. The largest absolute Gasteiger partial charge is 0.465 e. The summed E-state index contributed by atoms with van der Waals surface area (Å²) in [6.45, 7) is 8.36. The average molecular weight is 647 g/mol. The monoisotopic (exact) mass is 645 g/mol. The first-order valence-electron chi connectivity index (χ1n) is 14.1. The fourth-order valence-electron chi connectivity index (χ4n) is 6.55. The Labute approximate surface area is 252 Å². The second kappa shape index (κ2) is 12.7. The molecule has 4 heterocycles. The molecule has 12 heteroatoms. The maximum absolute atomic E-state index is 14.5. The van der Waals surface area contributed by atoms with E-state index in [0.29, 0.717) is 12.8 Å². The minimum absolute atomic E-state index is 0.0462. The molecule has 0 aliphatic carbocycles. The zero-order chi connectivity index (χ0) is 29.1. The third-order valence-corrected chi connectivity index (χ3v) is 11.5. The molecular formula is C29H36BrN5O5S. The molecule has 3 aliphatic rings. The van der Waals surface area contributed by atoms with E-state index in [1.807, 2.05) is 30.3 Å². The highest BCUT2D eigenvalue weighted by Crippen LogP contribution is 2.68. The van der Waals surface area contributed by atoms with Crippen LogP contribution in [0.1, 0.15) is 32.1 Å². The molecule has 2 amide bonds. The maximum Gasteiger partial charge on any atom is 0.310 e. The Morgan fingerprint density at radius 2 is 2.05 bits per heavy atom. The van der Waals surface area contributed by atoms with E-state index in [-0.39, 0.29) is 60.8 Å². The summed E-state index contributed by atoms with van der Waals surface area (Å²) in [5.41, 5.74) is 1.51. The second-order valence-corrected chi connectivity index (χ2v) is 13.5. The van der Waals surface area contributed by atoms with E-state index in [1.54, 1.807) is 32.3 Å². The third kappa shape index (κ3) is 5.34. The van der Waals surface area contributed by atoms with Gasteiger partial charge >= 0.3 is 5.97 Å². The number of halogens is 1. The number of allylic oxidation sites excluding steroid dienone is 1. The van der Waals surface area contributed by atoms with Crippen LogP contribution in [0.4, 0.5) is 0 Å². The molecule has 1 spiro atoms. The molecule has 3 saturated heterocycles. The zero-order valence-electron chi connectivity index (χ0n) is 22.9. The van der Waals surface area contributed by atoms with Gasteiger partial charge in [-0.15, -0.1) is 30.0 Å². The van der Waals surface area contributed by atoms with Crippen LogP contribution >= 0.6 is 27.7 Å². The van der Waals surface area contributed by atoms with E-state index in [4.69, 9.17) is 4.74 Å². The van der Waals surface area contributed by atoms with Crippen molar-refractivity contribution in [1.29, 1.82) is 0 Å². The summed E-state index contributed by atoms with van der Waals surface area (Å²) in [6.07, 6.45) is 6.84. The number of nitrogens with zero attached hydrogens (tertiary/aromatic N) is 5. The van der Waals surface area contributed by atoms with Crippen molar-refractivity contribution in [2.75, 3.05) is 26.3 Å². The molecule has 1 aromatic heterocycles. The van der Waals surface area contributed by atoms with Gasteiger partial charge in [0.2, 0.25) is 11.8 Å². The maximum atomic E-state index is 14.5. The number of hydrogen-bond donors (Lipinski definition) is 1. The third-order valence-electron chi connectivity index (χ3n) is 8.29. The summed E-state index contributed by atoms with van der Waals surface area (Å²) >= 11 is 5.35. The van der Waals surface area contributed by atoms with E-state index < -0.39 is 22.6 Å². The number of esters is 1. The number of ether oxygens (including phenoxy) is 1. The Morgan fingerprint density at radius 3 is 2.80 bits per heavy atom. The smallest absolute Gasteiger partial charge is 0.310 e. The highest BCUT2D eigenvalue weighted by molar-refractivity contribution is 9.09. The molecular weight excluding hydrogens is 610 g/mol. The van der Waals surface area contributed by atoms with Gasteiger partial charge in [0.25, 0.3) is 0 Å². The highest BCUT2D eigenvalue weighted by atomic mass is 79.9. The van der Waals surface area contributed by atoms with Gasteiger partial charge in [0.1, 0.15) is 18.2 Å². The van der Waals surface area contributed by atoms with Crippen molar-refractivity contribution in [1.82, 2.24) is 24.8 Å². The van der Waals surface area contributed by atoms with E-state index in [9.17, 15) is 19.5 Å². The average Bonchev–Trinajstić information content (AvgIpc) is 3.68. The second-order valence-electron chi connectivity index (χ2n) is 10.8. The molecule has 0 radical (unpaired) electrons. The number of aromatic nitrogens is 3. The molecule has 41 heavy (non-hydrogen) atoms. The van der Waals surface area contributed by atoms with Crippen LogP contribution in [0.5, 0.6) is 0 Å². The summed E-state index contributed by atoms with van der Waals surface area (Å²) in [7, 11) is 0. The van der Waals surface area contributed by atoms with Crippen LogP contribution < -0.4 is 0 Å². The van der Waals surface area contributed by atoms with Gasteiger partial charge in [-0.2, -0.15) is 0 Å². The molecule has 220 valence electrons. The number of fused-ring (bicyclic) bond motifs is 2. The normalized spacial score (nSPS) is 28.2.